The van der Waals surface area contributed by atoms with Gasteiger partial charge in [-0.15, -0.1) is 0 Å². The number of nitrogens with zero attached hydrogens (tertiary/aromatic N) is 2. The van der Waals surface area contributed by atoms with E-state index in [2.05, 4.69) is 12.0 Å². The van der Waals surface area contributed by atoms with Gasteiger partial charge in [0.2, 0.25) is 0 Å². The van der Waals surface area contributed by atoms with Crippen molar-refractivity contribution >= 4 is 0 Å². The zero-order chi connectivity index (χ0) is 13.0. The normalized spacial score (nSPS) is 10.6. The second kappa shape index (κ2) is 5.69. The van der Waals surface area contributed by atoms with Gasteiger partial charge in [0.25, 0.3) is 0 Å². The first kappa shape index (κ1) is 12.6. The van der Waals surface area contributed by atoms with Gasteiger partial charge in [0, 0.05) is 24.8 Å². The molecule has 0 radical (unpaired) electrons. The minimum Gasteiger partial charge on any atom is -0.497 e. The summed E-state index contributed by atoms with van der Waals surface area (Å²) in [5.74, 6) is 0.834. The molecule has 0 aliphatic rings. The van der Waals surface area contributed by atoms with Crippen LogP contribution in [0.2, 0.25) is 0 Å². The summed E-state index contributed by atoms with van der Waals surface area (Å²) in [5, 5.41) is 4.34. The standard InChI is InChI=1S/C14H19N3O/c1-3-8-17-14(6-7-16-17)13-5-4-12(18-2)9-11(13)10-15/h4-7,9H,3,8,10,15H2,1-2H3. The maximum absolute atomic E-state index is 5.82. The molecule has 2 N–H and O–H groups in total. The molecule has 0 spiro atoms. The second-order valence-corrected chi connectivity index (χ2v) is 4.17. The van der Waals surface area contributed by atoms with Gasteiger partial charge in [-0.1, -0.05) is 6.92 Å². The molecule has 2 rings (SSSR count). The average Bonchev–Trinajstić information content (AvgIpc) is 2.86. The van der Waals surface area contributed by atoms with Crippen molar-refractivity contribution in [2.45, 2.75) is 26.4 Å². The van der Waals surface area contributed by atoms with Gasteiger partial charge in [-0.05, 0) is 36.2 Å². The Morgan fingerprint density at radius 3 is 2.83 bits per heavy atom. The molecule has 96 valence electrons. The van der Waals surface area contributed by atoms with Crippen LogP contribution in [-0.2, 0) is 13.1 Å². The maximum atomic E-state index is 5.82. The quantitative estimate of drug-likeness (QED) is 0.880. The number of ether oxygens (including phenoxy) is 1. The fourth-order valence-corrected chi connectivity index (χ4v) is 2.07. The molecule has 4 nitrogen and oxygen atoms in total. The predicted octanol–water partition coefficient (Wildman–Crippen LogP) is 2.43. The largest absolute Gasteiger partial charge is 0.497 e. The molecule has 1 heterocycles. The Bertz CT molecular complexity index is 520. The lowest BCUT2D eigenvalue weighted by atomic mass is 10.0. The number of hydrogen-bond acceptors (Lipinski definition) is 3. The van der Waals surface area contributed by atoms with Gasteiger partial charge in [-0.3, -0.25) is 4.68 Å². The summed E-state index contributed by atoms with van der Waals surface area (Å²) in [5.41, 5.74) is 9.14. The maximum Gasteiger partial charge on any atom is 0.119 e. The molecule has 18 heavy (non-hydrogen) atoms. The van der Waals surface area contributed by atoms with E-state index >= 15 is 0 Å². The molecule has 1 aromatic carbocycles. The van der Waals surface area contributed by atoms with Crippen LogP contribution in [0.5, 0.6) is 5.75 Å². The summed E-state index contributed by atoms with van der Waals surface area (Å²) in [6, 6.07) is 8.01. The SMILES string of the molecule is CCCn1nccc1-c1ccc(OC)cc1CN. The first-order valence-electron chi connectivity index (χ1n) is 6.19. The molecule has 0 aliphatic carbocycles. The molecule has 0 amide bonds. The van der Waals surface area contributed by atoms with E-state index < -0.39 is 0 Å². The van der Waals surface area contributed by atoms with Crippen LogP contribution in [0, 0.1) is 0 Å². The van der Waals surface area contributed by atoms with Gasteiger partial charge < -0.3 is 10.5 Å². The van der Waals surface area contributed by atoms with Gasteiger partial charge >= 0.3 is 0 Å². The van der Waals surface area contributed by atoms with E-state index in [1.54, 1.807) is 7.11 Å². The van der Waals surface area contributed by atoms with Crippen molar-refractivity contribution in [1.29, 1.82) is 0 Å². The zero-order valence-corrected chi connectivity index (χ0v) is 10.9. The van der Waals surface area contributed by atoms with E-state index in [0.717, 1.165) is 35.5 Å². The Kier molecular flexibility index (Phi) is 3.99. The van der Waals surface area contributed by atoms with Crippen LogP contribution in [-0.4, -0.2) is 16.9 Å². The van der Waals surface area contributed by atoms with Crippen LogP contribution in [0.15, 0.2) is 30.5 Å². The number of benzene rings is 1. The molecule has 0 saturated heterocycles. The number of hydrogen-bond donors (Lipinski definition) is 1. The lowest BCUT2D eigenvalue weighted by molar-refractivity contribution is 0.414. The first-order chi connectivity index (χ1) is 8.80. The zero-order valence-electron chi connectivity index (χ0n) is 10.9. The molecule has 0 aliphatic heterocycles. The topological polar surface area (TPSA) is 53.1 Å². The predicted molar refractivity (Wildman–Crippen MR) is 72.4 cm³/mol. The number of methoxy groups -OCH3 is 1. The first-order valence-corrected chi connectivity index (χ1v) is 6.19. The molecular weight excluding hydrogens is 226 g/mol. The highest BCUT2D eigenvalue weighted by atomic mass is 16.5. The minimum atomic E-state index is 0.490. The number of aryl methyl sites for hydroxylation is 1. The summed E-state index contributed by atoms with van der Waals surface area (Å²) in [6.45, 7) is 3.55. The Balaban J connectivity index is 2.46. The Morgan fingerprint density at radius 2 is 2.17 bits per heavy atom. The molecule has 0 fully saturated rings. The van der Waals surface area contributed by atoms with E-state index in [-0.39, 0.29) is 0 Å². The van der Waals surface area contributed by atoms with Crippen molar-refractivity contribution in [3.8, 4) is 17.0 Å². The highest BCUT2D eigenvalue weighted by Gasteiger charge is 2.10. The van der Waals surface area contributed by atoms with Crippen LogP contribution in [0.4, 0.5) is 0 Å². The van der Waals surface area contributed by atoms with E-state index in [0.29, 0.717) is 6.54 Å². The summed E-state index contributed by atoms with van der Waals surface area (Å²) in [6.07, 6.45) is 2.89. The average molecular weight is 245 g/mol. The summed E-state index contributed by atoms with van der Waals surface area (Å²) in [4.78, 5) is 0. The van der Waals surface area contributed by atoms with Crippen molar-refractivity contribution in [2.75, 3.05) is 7.11 Å². The molecule has 0 saturated carbocycles. The number of nitrogens with two attached hydrogens (primary N) is 1. The van der Waals surface area contributed by atoms with Crippen LogP contribution < -0.4 is 10.5 Å². The van der Waals surface area contributed by atoms with E-state index in [1.807, 2.05) is 35.1 Å². The molecule has 1 aromatic heterocycles. The van der Waals surface area contributed by atoms with Gasteiger partial charge in [0.1, 0.15) is 5.75 Å². The van der Waals surface area contributed by atoms with Crippen LogP contribution in [0.25, 0.3) is 11.3 Å². The van der Waals surface area contributed by atoms with Crippen molar-refractivity contribution in [3.05, 3.63) is 36.0 Å². The van der Waals surface area contributed by atoms with Crippen molar-refractivity contribution in [3.63, 3.8) is 0 Å². The summed E-state index contributed by atoms with van der Waals surface area (Å²) in [7, 11) is 1.66. The van der Waals surface area contributed by atoms with E-state index in [9.17, 15) is 0 Å². The van der Waals surface area contributed by atoms with Gasteiger partial charge in [0.05, 0.1) is 12.8 Å². The molecule has 0 atom stereocenters. The van der Waals surface area contributed by atoms with Crippen LogP contribution in [0.3, 0.4) is 0 Å². The highest BCUT2D eigenvalue weighted by molar-refractivity contribution is 5.65. The smallest absolute Gasteiger partial charge is 0.119 e. The summed E-state index contributed by atoms with van der Waals surface area (Å²) < 4.78 is 7.24. The molecule has 2 aromatic rings. The monoisotopic (exact) mass is 245 g/mol. The minimum absolute atomic E-state index is 0.490. The fraction of sp³-hybridized carbons (Fsp3) is 0.357. The van der Waals surface area contributed by atoms with Crippen molar-refractivity contribution < 1.29 is 4.74 Å². The lowest BCUT2D eigenvalue weighted by Crippen LogP contribution is -2.05. The van der Waals surface area contributed by atoms with Gasteiger partial charge in [0.15, 0.2) is 0 Å². The van der Waals surface area contributed by atoms with Crippen molar-refractivity contribution in [2.24, 2.45) is 5.73 Å². The number of aromatic nitrogens is 2. The van der Waals surface area contributed by atoms with Crippen molar-refractivity contribution in [1.82, 2.24) is 9.78 Å². The number of rotatable bonds is 5. The molecule has 0 bridgehead atoms. The van der Waals surface area contributed by atoms with Crippen LogP contribution >= 0.6 is 0 Å². The third-order valence-corrected chi connectivity index (χ3v) is 2.96. The van der Waals surface area contributed by atoms with E-state index in [1.165, 1.54) is 0 Å². The Labute approximate surface area is 107 Å². The Hall–Kier alpha value is -1.81. The fourth-order valence-electron chi connectivity index (χ4n) is 2.07. The second-order valence-electron chi connectivity index (χ2n) is 4.17. The highest BCUT2D eigenvalue weighted by Crippen LogP contribution is 2.27. The van der Waals surface area contributed by atoms with Gasteiger partial charge in [-0.2, -0.15) is 5.10 Å². The third kappa shape index (κ3) is 2.38. The molecule has 0 unspecified atom stereocenters. The summed E-state index contributed by atoms with van der Waals surface area (Å²) >= 11 is 0. The Morgan fingerprint density at radius 1 is 1.33 bits per heavy atom. The third-order valence-electron chi connectivity index (χ3n) is 2.96. The van der Waals surface area contributed by atoms with Crippen LogP contribution in [0.1, 0.15) is 18.9 Å². The lowest BCUT2D eigenvalue weighted by Gasteiger charge is -2.12. The van der Waals surface area contributed by atoms with E-state index in [4.69, 9.17) is 10.5 Å². The molecular formula is C14H19N3O. The molecule has 4 heteroatoms. The van der Waals surface area contributed by atoms with Gasteiger partial charge in [-0.25, -0.2) is 0 Å².